The van der Waals surface area contributed by atoms with Gasteiger partial charge in [0.1, 0.15) is 6.04 Å². The molecule has 0 unspecified atom stereocenters. The normalized spacial score (nSPS) is 16.3. The van der Waals surface area contributed by atoms with Gasteiger partial charge in [-0.3, -0.25) is 14.4 Å². The molecule has 0 saturated carbocycles. The smallest absolute Gasteiger partial charge is 0.313 e. The zero-order chi connectivity index (χ0) is 24.0. The number of hydrogen-bond acceptors (Lipinski definition) is 4. The molecule has 33 heavy (non-hydrogen) atoms. The highest BCUT2D eigenvalue weighted by Gasteiger charge is 2.37. The van der Waals surface area contributed by atoms with Gasteiger partial charge in [-0.25, -0.2) is 0 Å². The Morgan fingerprint density at radius 2 is 1.82 bits per heavy atom. The Morgan fingerprint density at radius 1 is 1.12 bits per heavy atom. The zero-order valence-corrected chi connectivity index (χ0v) is 19.9. The number of nitrogens with zero attached hydrogens (tertiary/aromatic N) is 1. The molecule has 2 aromatic rings. The number of hydrogen-bond donors (Lipinski definition) is 2. The van der Waals surface area contributed by atoms with E-state index in [0.717, 1.165) is 18.4 Å². The number of nitrogens with one attached hydrogen (secondary N) is 2. The van der Waals surface area contributed by atoms with E-state index in [1.54, 1.807) is 50.2 Å². The molecular weight excluding hydrogens is 442 g/mol. The van der Waals surface area contributed by atoms with Crippen LogP contribution in [0.1, 0.15) is 43.9 Å². The Bertz CT molecular complexity index is 987. The minimum Gasteiger partial charge on any atom is -0.376 e. The second-order valence-electron chi connectivity index (χ2n) is 8.43. The molecule has 2 N–H and O–H groups in total. The molecular formula is C25H30ClN3O4. The summed E-state index contributed by atoms with van der Waals surface area (Å²) >= 11 is 6.42. The van der Waals surface area contributed by atoms with Crippen molar-refractivity contribution in [3.63, 3.8) is 0 Å². The number of carbonyl (C=O) groups excluding carboxylic acids is 3. The number of rotatable bonds is 7. The van der Waals surface area contributed by atoms with Crippen molar-refractivity contribution < 1.29 is 19.1 Å². The summed E-state index contributed by atoms with van der Waals surface area (Å²) in [5.74, 6) is -2.05. The standard InChI is InChI=1S/C25H30ClN3O4/c1-16(2)29(25(32)24(31)28-18-12-10-17(3)11-13-18)22(20-8-4-5-9-21(20)26)23(30)27-15-19-7-6-14-33-19/h4-5,8-13,16,19,22H,6-7,14-15H2,1-3H3,(H,27,30)(H,28,31)/t19-,22+/m1/s1. The quantitative estimate of drug-likeness (QED) is 0.600. The van der Waals surface area contributed by atoms with Crippen LogP contribution in [0.25, 0.3) is 0 Å². The van der Waals surface area contributed by atoms with Crippen LogP contribution < -0.4 is 10.6 Å². The molecule has 176 valence electrons. The van der Waals surface area contributed by atoms with Crippen molar-refractivity contribution in [1.82, 2.24) is 10.2 Å². The van der Waals surface area contributed by atoms with Gasteiger partial charge in [-0.15, -0.1) is 0 Å². The second kappa shape index (κ2) is 11.3. The van der Waals surface area contributed by atoms with E-state index in [0.29, 0.717) is 29.4 Å². The van der Waals surface area contributed by atoms with Crippen molar-refractivity contribution >= 4 is 35.0 Å². The average molecular weight is 472 g/mol. The van der Waals surface area contributed by atoms with Gasteiger partial charge in [-0.05, 0) is 51.8 Å². The monoisotopic (exact) mass is 471 g/mol. The molecule has 1 fully saturated rings. The summed E-state index contributed by atoms with van der Waals surface area (Å²) < 4.78 is 5.60. The largest absolute Gasteiger partial charge is 0.376 e. The maximum Gasteiger partial charge on any atom is 0.313 e. The van der Waals surface area contributed by atoms with Crippen molar-refractivity contribution in [3.8, 4) is 0 Å². The van der Waals surface area contributed by atoms with Crippen LogP contribution in [0.15, 0.2) is 48.5 Å². The lowest BCUT2D eigenvalue weighted by molar-refractivity contribution is -0.149. The average Bonchev–Trinajstić information content (AvgIpc) is 3.31. The molecule has 2 atom stereocenters. The van der Waals surface area contributed by atoms with Crippen LogP contribution in [0.2, 0.25) is 5.02 Å². The van der Waals surface area contributed by atoms with E-state index >= 15 is 0 Å². The van der Waals surface area contributed by atoms with Gasteiger partial charge in [0.25, 0.3) is 0 Å². The minimum absolute atomic E-state index is 0.0612. The third kappa shape index (κ3) is 6.33. The molecule has 1 heterocycles. The van der Waals surface area contributed by atoms with Crippen molar-refractivity contribution in [2.75, 3.05) is 18.5 Å². The number of benzene rings is 2. The third-order valence-corrected chi connectivity index (χ3v) is 5.89. The molecule has 7 nitrogen and oxygen atoms in total. The van der Waals surface area contributed by atoms with Crippen LogP contribution in [-0.4, -0.2) is 47.9 Å². The van der Waals surface area contributed by atoms with Gasteiger partial charge in [-0.2, -0.15) is 0 Å². The van der Waals surface area contributed by atoms with Crippen LogP contribution in [0.3, 0.4) is 0 Å². The minimum atomic E-state index is -1.07. The van der Waals surface area contributed by atoms with Gasteiger partial charge in [0.15, 0.2) is 0 Å². The maximum absolute atomic E-state index is 13.4. The van der Waals surface area contributed by atoms with Gasteiger partial charge in [0.2, 0.25) is 5.91 Å². The van der Waals surface area contributed by atoms with Gasteiger partial charge in [0, 0.05) is 35.5 Å². The first-order valence-corrected chi connectivity index (χ1v) is 11.5. The number of carbonyl (C=O) groups is 3. The SMILES string of the molecule is Cc1ccc(NC(=O)C(=O)N(C(C)C)[C@H](C(=O)NC[C@H]2CCCO2)c2ccccc2Cl)cc1. The lowest BCUT2D eigenvalue weighted by Gasteiger charge is -2.34. The highest BCUT2D eigenvalue weighted by molar-refractivity contribution is 6.40. The molecule has 3 amide bonds. The number of halogens is 1. The fourth-order valence-electron chi connectivity index (χ4n) is 3.82. The molecule has 1 saturated heterocycles. The fourth-order valence-corrected chi connectivity index (χ4v) is 4.06. The van der Waals surface area contributed by atoms with Gasteiger partial charge < -0.3 is 20.3 Å². The number of amides is 3. The Kier molecular flexibility index (Phi) is 8.47. The molecule has 0 spiro atoms. The van der Waals surface area contributed by atoms with E-state index in [2.05, 4.69) is 10.6 Å². The first-order valence-electron chi connectivity index (χ1n) is 11.1. The lowest BCUT2D eigenvalue weighted by Crippen LogP contribution is -2.51. The summed E-state index contributed by atoms with van der Waals surface area (Å²) in [6, 6.07) is 12.4. The molecule has 2 aromatic carbocycles. The van der Waals surface area contributed by atoms with Crippen molar-refractivity contribution in [2.45, 2.75) is 51.8 Å². The molecule has 0 bridgehead atoms. The predicted octanol–water partition coefficient (Wildman–Crippen LogP) is 3.86. The predicted molar refractivity (Wildman–Crippen MR) is 128 cm³/mol. The third-order valence-electron chi connectivity index (χ3n) is 5.55. The Labute approximate surface area is 199 Å². The fraction of sp³-hybridized carbons (Fsp3) is 0.400. The number of anilines is 1. The zero-order valence-electron chi connectivity index (χ0n) is 19.1. The molecule has 1 aliphatic heterocycles. The summed E-state index contributed by atoms with van der Waals surface area (Å²) in [6.45, 7) is 6.45. The topological polar surface area (TPSA) is 87.7 Å². The Morgan fingerprint density at radius 3 is 2.42 bits per heavy atom. The van der Waals surface area contributed by atoms with E-state index < -0.39 is 29.8 Å². The Balaban J connectivity index is 1.87. The number of ether oxygens (including phenoxy) is 1. The Hall–Kier alpha value is -2.90. The first-order chi connectivity index (χ1) is 15.8. The van der Waals surface area contributed by atoms with E-state index in [1.165, 1.54) is 4.90 Å². The molecule has 0 aliphatic carbocycles. The van der Waals surface area contributed by atoms with Gasteiger partial charge in [-0.1, -0.05) is 47.5 Å². The lowest BCUT2D eigenvalue weighted by atomic mass is 10.0. The van der Waals surface area contributed by atoms with Crippen LogP contribution in [0, 0.1) is 6.92 Å². The maximum atomic E-state index is 13.4. The van der Waals surface area contributed by atoms with E-state index in [4.69, 9.17) is 16.3 Å². The van der Waals surface area contributed by atoms with Crippen LogP contribution in [0.5, 0.6) is 0 Å². The van der Waals surface area contributed by atoms with Gasteiger partial charge >= 0.3 is 11.8 Å². The summed E-state index contributed by atoms with van der Waals surface area (Å²) in [5, 5.41) is 5.85. The molecule has 0 radical (unpaired) electrons. The van der Waals surface area contributed by atoms with Crippen molar-refractivity contribution in [3.05, 3.63) is 64.7 Å². The van der Waals surface area contributed by atoms with Crippen LogP contribution >= 0.6 is 11.6 Å². The summed E-state index contributed by atoms with van der Waals surface area (Å²) in [7, 11) is 0. The molecule has 8 heteroatoms. The highest BCUT2D eigenvalue weighted by Crippen LogP contribution is 2.30. The summed E-state index contributed by atoms with van der Waals surface area (Å²) in [6.07, 6.45) is 1.75. The molecule has 0 aromatic heterocycles. The molecule has 1 aliphatic rings. The second-order valence-corrected chi connectivity index (χ2v) is 8.84. The summed E-state index contributed by atoms with van der Waals surface area (Å²) in [4.78, 5) is 40.8. The summed E-state index contributed by atoms with van der Waals surface area (Å²) in [5.41, 5.74) is 1.99. The van der Waals surface area contributed by atoms with Crippen molar-refractivity contribution in [1.29, 1.82) is 0 Å². The number of aryl methyl sites for hydroxylation is 1. The van der Waals surface area contributed by atoms with Crippen molar-refractivity contribution in [2.24, 2.45) is 0 Å². The highest BCUT2D eigenvalue weighted by atomic mass is 35.5. The van der Waals surface area contributed by atoms with E-state index in [9.17, 15) is 14.4 Å². The first kappa shape index (κ1) is 24.7. The van der Waals surface area contributed by atoms with Gasteiger partial charge in [0.05, 0.1) is 6.10 Å². The molecule has 3 rings (SSSR count). The van der Waals surface area contributed by atoms with Crippen LogP contribution in [-0.2, 0) is 19.1 Å². The van der Waals surface area contributed by atoms with E-state index in [1.807, 2.05) is 19.1 Å². The van der Waals surface area contributed by atoms with E-state index in [-0.39, 0.29) is 6.10 Å². The van der Waals surface area contributed by atoms with Crippen LogP contribution in [0.4, 0.5) is 5.69 Å².